The molecule has 1 aromatic carbocycles. The fraction of sp³-hybridized carbons (Fsp3) is 0.526. The van der Waals surface area contributed by atoms with Gasteiger partial charge in [-0.25, -0.2) is 0 Å². The summed E-state index contributed by atoms with van der Waals surface area (Å²) in [7, 11) is 2.05. The monoisotopic (exact) mass is 358 g/mol. The van der Waals surface area contributed by atoms with E-state index in [1.165, 1.54) is 0 Å². The highest BCUT2D eigenvalue weighted by atomic mass is 16.6. The van der Waals surface area contributed by atoms with Crippen LogP contribution >= 0.6 is 0 Å². The minimum absolute atomic E-state index is 0.0857. The van der Waals surface area contributed by atoms with Gasteiger partial charge in [0.1, 0.15) is 0 Å². The van der Waals surface area contributed by atoms with Gasteiger partial charge in [-0.05, 0) is 19.5 Å². The molecule has 2 amide bonds. The number of nitrogens with zero attached hydrogens (tertiary/aromatic N) is 3. The molecule has 2 heterocycles. The first-order valence-electron chi connectivity index (χ1n) is 9.07. The van der Waals surface area contributed by atoms with Crippen LogP contribution in [0.15, 0.2) is 29.4 Å². The first kappa shape index (κ1) is 18.4. The molecule has 0 spiro atoms. The number of likely N-dealkylation sites (N-methyl/N-ethyl adjacent to an activating group) is 1. The number of benzene rings is 1. The SMILES string of the molecule is Cc1ccccc1C1=NOC(C(=O)NCCC(=O)N2CCN(C)CC2)C1. The first-order chi connectivity index (χ1) is 12.5. The van der Waals surface area contributed by atoms with E-state index in [4.69, 9.17) is 4.84 Å². The van der Waals surface area contributed by atoms with Crippen molar-refractivity contribution < 1.29 is 14.4 Å². The summed E-state index contributed by atoms with van der Waals surface area (Å²) >= 11 is 0. The average Bonchev–Trinajstić information content (AvgIpc) is 3.12. The van der Waals surface area contributed by atoms with Crippen LogP contribution in [-0.4, -0.2) is 73.2 Å². The molecular weight excluding hydrogens is 332 g/mol. The lowest BCUT2D eigenvalue weighted by molar-refractivity contribution is -0.133. The highest BCUT2D eigenvalue weighted by molar-refractivity contribution is 6.05. The van der Waals surface area contributed by atoms with E-state index in [2.05, 4.69) is 22.4 Å². The Morgan fingerprint density at radius 3 is 2.69 bits per heavy atom. The maximum Gasteiger partial charge on any atom is 0.264 e. The highest BCUT2D eigenvalue weighted by Crippen LogP contribution is 2.19. The minimum atomic E-state index is -0.622. The van der Waals surface area contributed by atoms with Crippen LogP contribution in [0.4, 0.5) is 0 Å². The normalized spacial score (nSPS) is 20.5. The number of oxime groups is 1. The number of hydrogen-bond acceptors (Lipinski definition) is 5. The first-order valence-corrected chi connectivity index (χ1v) is 9.07. The summed E-state index contributed by atoms with van der Waals surface area (Å²) in [5, 5.41) is 6.86. The zero-order chi connectivity index (χ0) is 18.5. The summed E-state index contributed by atoms with van der Waals surface area (Å²) in [6.07, 6.45) is 0.139. The van der Waals surface area contributed by atoms with Gasteiger partial charge in [0.15, 0.2) is 0 Å². The van der Waals surface area contributed by atoms with Crippen molar-refractivity contribution in [2.45, 2.75) is 25.9 Å². The molecule has 0 radical (unpaired) electrons. The van der Waals surface area contributed by atoms with Crippen molar-refractivity contribution in [1.82, 2.24) is 15.1 Å². The lowest BCUT2D eigenvalue weighted by Crippen LogP contribution is -2.48. The Bertz CT molecular complexity index is 696. The molecule has 0 saturated carbocycles. The molecule has 1 fully saturated rings. The molecule has 26 heavy (non-hydrogen) atoms. The number of rotatable bonds is 5. The molecule has 140 valence electrons. The molecule has 1 atom stereocenters. The van der Waals surface area contributed by atoms with Crippen molar-refractivity contribution in [2.24, 2.45) is 5.16 Å². The van der Waals surface area contributed by atoms with Gasteiger partial charge in [0.25, 0.3) is 5.91 Å². The van der Waals surface area contributed by atoms with E-state index in [1.807, 2.05) is 36.1 Å². The van der Waals surface area contributed by atoms with Crippen LogP contribution in [0, 0.1) is 6.92 Å². The molecule has 1 aromatic rings. The minimum Gasteiger partial charge on any atom is -0.382 e. The van der Waals surface area contributed by atoms with Crippen molar-refractivity contribution in [3.8, 4) is 0 Å². The van der Waals surface area contributed by atoms with Crippen LogP contribution in [0.25, 0.3) is 0 Å². The summed E-state index contributed by atoms with van der Waals surface area (Å²) < 4.78 is 0. The van der Waals surface area contributed by atoms with Crippen LogP contribution in [0.2, 0.25) is 0 Å². The molecule has 7 heteroatoms. The number of nitrogens with one attached hydrogen (secondary N) is 1. The molecule has 2 aliphatic rings. The van der Waals surface area contributed by atoms with Crippen LogP contribution in [0.1, 0.15) is 24.0 Å². The molecule has 3 rings (SSSR count). The van der Waals surface area contributed by atoms with E-state index in [-0.39, 0.29) is 11.8 Å². The lowest BCUT2D eigenvalue weighted by atomic mass is 10.0. The van der Waals surface area contributed by atoms with Gasteiger partial charge in [0.2, 0.25) is 12.0 Å². The van der Waals surface area contributed by atoms with Crippen LogP contribution in [-0.2, 0) is 14.4 Å². The molecular formula is C19H26N4O3. The number of piperazine rings is 1. The zero-order valence-electron chi connectivity index (χ0n) is 15.4. The Labute approximate surface area is 154 Å². The molecule has 0 aromatic heterocycles. The van der Waals surface area contributed by atoms with E-state index >= 15 is 0 Å². The Morgan fingerprint density at radius 2 is 1.96 bits per heavy atom. The van der Waals surface area contributed by atoms with E-state index in [9.17, 15) is 9.59 Å². The predicted octanol–water partition coefficient (Wildman–Crippen LogP) is 0.768. The largest absolute Gasteiger partial charge is 0.382 e. The number of hydrogen-bond donors (Lipinski definition) is 1. The van der Waals surface area contributed by atoms with Gasteiger partial charge >= 0.3 is 0 Å². The van der Waals surface area contributed by atoms with Gasteiger partial charge in [-0.2, -0.15) is 0 Å². The van der Waals surface area contributed by atoms with Gasteiger partial charge in [-0.1, -0.05) is 29.4 Å². The lowest BCUT2D eigenvalue weighted by Gasteiger charge is -2.32. The summed E-state index contributed by atoms with van der Waals surface area (Å²) in [5.41, 5.74) is 2.90. The van der Waals surface area contributed by atoms with E-state index in [1.54, 1.807) is 0 Å². The molecule has 1 saturated heterocycles. The second-order valence-corrected chi connectivity index (χ2v) is 6.88. The highest BCUT2D eigenvalue weighted by Gasteiger charge is 2.29. The predicted molar refractivity (Wildman–Crippen MR) is 98.9 cm³/mol. The number of carbonyl (C=O) groups excluding carboxylic acids is 2. The van der Waals surface area contributed by atoms with E-state index in [0.29, 0.717) is 19.4 Å². The van der Waals surface area contributed by atoms with Crippen LogP contribution in [0.5, 0.6) is 0 Å². The average molecular weight is 358 g/mol. The zero-order valence-corrected chi connectivity index (χ0v) is 15.4. The quantitative estimate of drug-likeness (QED) is 0.844. The molecule has 0 aliphatic carbocycles. The number of amides is 2. The molecule has 0 bridgehead atoms. The Kier molecular flexibility index (Phi) is 5.88. The van der Waals surface area contributed by atoms with Gasteiger partial charge < -0.3 is 20.0 Å². The Balaban J connectivity index is 1.41. The van der Waals surface area contributed by atoms with Crippen molar-refractivity contribution in [2.75, 3.05) is 39.8 Å². The smallest absolute Gasteiger partial charge is 0.264 e. The molecule has 7 nitrogen and oxygen atoms in total. The topological polar surface area (TPSA) is 74.2 Å². The van der Waals surface area contributed by atoms with Crippen molar-refractivity contribution >= 4 is 17.5 Å². The molecule has 1 N–H and O–H groups in total. The van der Waals surface area contributed by atoms with Crippen molar-refractivity contribution in [3.63, 3.8) is 0 Å². The maximum atomic E-state index is 12.3. The van der Waals surface area contributed by atoms with Crippen molar-refractivity contribution in [3.05, 3.63) is 35.4 Å². The van der Waals surface area contributed by atoms with E-state index in [0.717, 1.165) is 43.0 Å². The fourth-order valence-electron chi connectivity index (χ4n) is 3.19. The van der Waals surface area contributed by atoms with Gasteiger partial charge in [-0.15, -0.1) is 0 Å². The number of carbonyl (C=O) groups is 2. The second kappa shape index (κ2) is 8.31. The Hall–Kier alpha value is -2.41. The third-order valence-electron chi connectivity index (χ3n) is 4.91. The second-order valence-electron chi connectivity index (χ2n) is 6.88. The third-order valence-corrected chi connectivity index (χ3v) is 4.91. The summed E-state index contributed by atoms with van der Waals surface area (Å²) in [6, 6.07) is 7.90. The Morgan fingerprint density at radius 1 is 1.23 bits per heavy atom. The van der Waals surface area contributed by atoms with Gasteiger partial charge in [-0.3, -0.25) is 9.59 Å². The maximum absolute atomic E-state index is 12.3. The summed E-state index contributed by atoms with van der Waals surface area (Å²) in [6.45, 7) is 5.63. The van der Waals surface area contributed by atoms with E-state index < -0.39 is 6.10 Å². The summed E-state index contributed by atoms with van der Waals surface area (Å²) in [5.74, 6) is -0.133. The van der Waals surface area contributed by atoms with Crippen molar-refractivity contribution in [1.29, 1.82) is 0 Å². The van der Waals surface area contributed by atoms with Crippen LogP contribution < -0.4 is 5.32 Å². The molecule has 2 aliphatic heterocycles. The standard InChI is InChI=1S/C19H26N4O3/c1-14-5-3-4-6-15(14)16-13-17(26-21-16)19(25)20-8-7-18(24)23-11-9-22(2)10-12-23/h3-6,17H,7-13H2,1-2H3,(H,20,25). The fourth-order valence-corrected chi connectivity index (χ4v) is 3.19. The van der Waals surface area contributed by atoms with Gasteiger partial charge in [0, 0.05) is 51.1 Å². The summed E-state index contributed by atoms with van der Waals surface area (Å²) in [4.78, 5) is 33.8. The van der Waals surface area contributed by atoms with Gasteiger partial charge in [0.05, 0.1) is 5.71 Å². The molecule has 1 unspecified atom stereocenters. The third kappa shape index (κ3) is 4.40. The van der Waals surface area contributed by atoms with Crippen LogP contribution in [0.3, 0.4) is 0 Å². The number of aryl methyl sites for hydroxylation is 1.